The molecule has 0 spiro atoms. The van der Waals surface area contributed by atoms with Gasteiger partial charge in [-0.3, -0.25) is 14.6 Å². The molecule has 2 heterocycles. The third kappa shape index (κ3) is 6.02. The van der Waals surface area contributed by atoms with E-state index in [-0.39, 0.29) is 17.5 Å². The second kappa shape index (κ2) is 10.8. The first-order chi connectivity index (χ1) is 16.1. The number of carbonyl (C=O) groups excluding carboxylic acids is 2. The maximum atomic E-state index is 12.7. The lowest BCUT2D eigenvalue weighted by Crippen LogP contribution is -2.37. The Morgan fingerprint density at radius 1 is 0.939 bits per heavy atom. The first kappa shape index (κ1) is 22.6. The third-order valence-electron chi connectivity index (χ3n) is 5.81. The van der Waals surface area contributed by atoms with Crippen LogP contribution >= 0.6 is 0 Å². The molecule has 0 aliphatic carbocycles. The van der Waals surface area contributed by atoms with Crippen molar-refractivity contribution >= 4 is 17.5 Å². The van der Waals surface area contributed by atoms with Gasteiger partial charge in [-0.15, -0.1) is 0 Å². The Hall–Kier alpha value is -3.58. The van der Waals surface area contributed by atoms with Crippen molar-refractivity contribution in [1.29, 1.82) is 0 Å². The fourth-order valence-electron chi connectivity index (χ4n) is 3.92. The standard InChI is InChI=1S/C26H29N5O2/c1-19-24(26(33)29-22-8-4-2-5-9-22)30-23(18-28-19)20-10-12-21(13-11-20)25(32)27-14-17-31-15-6-3-7-16-31/h2,4-5,8-13,18H,3,6-7,14-17H2,1H3,(H,27,32)(H,29,33). The predicted molar refractivity (Wildman–Crippen MR) is 129 cm³/mol. The van der Waals surface area contributed by atoms with Gasteiger partial charge < -0.3 is 15.5 Å². The molecule has 1 fully saturated rings. The van der Waals surface area contributed by atoms with Crippen molar-refractivity contribution < 1.29 is 9.59 Å². The van der Waals surface area contributed by atoms with Gasteiger partial charge in [-0.2, -0.15) is 0 Å². The summed E-state index contributed by atoms with van der Waals surface area (Å²) in [4.78, 5) is 36.5. The fourth-order valence-corrected chi connectivity index (χ4v) is 3.92. The van der Waals surface area contributed by atoms with Gasteiger partial charge in [0.05, 0.1) is 17.6 Å². The first-order valence-corrected chi connectivity index (χ1v) is 11.4. The van der Waals surface area contributed by atoms with E-state index in [0.29, 0.717) is 29.2 Å². The maximum absolute atomic E-state index is 12.7. The molecule has 1 aromatic heterocycles. The van der Waals surface area contributed by atoms with Gasteiger partial charge in [0.1, 0.15) is 5.69 Å². The summed E-state index contributed by atoms with van der Waals surface area (Å²) in [6.45, 7) is 5.52. The Labute approximate surface area is 194 Å². The Morgan fingerprint density at radius 3 is 2.39 bits per heavy atom. The molecular formula is C26H29N5O2. The number of nitrogens with zero attached hydrogens (tertiary/aromatic N) is 3. The van der Waals surface area contributed by atoms with Gasteiger partial charge in [-0.25, -0.2) is 4.98 Å². The van der Waals surface area contributed by atoms with Gasteiger partial charge in [0, 0.05) is 29.9 Å². The molecule has 4 rings (SSSR count). The summed E-state index contributed by atoms with van der Waals surface area (Å²) in [5, 5.41) is 5.85. The van der Waals surface area contributed by atoms with Crippen LogP contribution in [-0.4, -0.2) is 52.9 Å². The van der Waals surface area contributed by atoms with Gasteiger partial charge in [-0.1, -0.05) is 36.8 Å². The highest BCUT2D eigenvalue weighted by Gasteiger charge is 2.15. The molecule has 2 N–H and O–H groups in total. The lowest BCUT2D eigenvalue weighted by atomic mass is 10.1. The van der Waals surface area contributed by atoms with Crippen molar-refractivity contribution in [2.45, 2.75) is 26.2 Å². The minimum absolute atomic E-state index is 0.0866. The van der Waals surface area contributed by atoms with Crippen molar-refractivity contribution in [1.82, 2.24) is 20.2 Å². The largest absolute Gasteiger partial charge is 0.351 e. The highest BCUT2D eigenvalue weighted by molar-refractivity contribution is 6.03. The van der Waals surface area contributed by atoms with Crippen molar-refractivity contribution in [3.63, 3.8) is 0 Å². The van der Waals surface area contributed by atoms with Gasteiger partial charge in [0.2, 0.25) is 0 Å². The number of hydrogen-bond donors (Lipinski definition) is 2. The average molecular weight is 444 g/mol. The van der Waals surface area contributed by atoms with Crippen LogP contribution in [0.4, 0.5) is 5.69 Å². The van der Waals surface area contributed by atoms with E-state index in [4.69, 9.17) is 0 Å². The third-order valence-corrected chi connectivity index (χ3v) is 5.81. The quantitative estimate of drug-likeness (QED) is 0.578. The summed E-state index contributed by atoms with van der Waals surface area (Å²) in [5.74, 6) is -0.394. The summed E-state index contributed by atoms with van der Waals surface area (Å²) in [7, 11) is 0. The van der Waals surface area contributed by atoms with E-state index in [1.165, 1.54) is 19.3 Å². The van der Waals surface area contributed by atoms with E-state index >= 15 is 0 Å². The number of aromatic nitrogens is 2. The lowest BCUT2D eigenvalue weighted by Gasteiger charge is -2.26. The van der Waals surface area contributed by atoms with E-state index in [9.17, 15) is 9.59 Å². The van der Waals surface area contributed by atoms with Crippen LogP contribution in [0, 0.1) is 6.92 Å². The van der Waals surface area contributed by atoms with Crippen LogP contribution in [0.2, 0.25) is 0 Å². The molecule has 1 aliphatic rings. The highest BCUT2D eigenvalue weighted by Crippen LogP contribution is 2.19. The SMILES string of the molecule is Cc1ncc(-c2ccc(C(=O)NCCN3CCCCC3)cc2)nc1C(=O)Nc1ccccc1. The van der Waals surface area contributed by atoms with Crippen molar-refractivity contribution in [3.8, 4) is 11.3 Å². The Kier molecular flexibility index (Phi) is 7.42. The molecule has 0 unspecified atom stereocenters. The van der Waals surface area contributed by atoms with Crippen molar-refractivity contribution in [3.05, 3.63) is 77.7 Å². The van der Waals surface area contributed by atoms with E-state index in [2.05, 4.69) is 25.5 Å². The molecule has 2 amide bonds. The Bertz CT molecular complexity index is 1090. The second-order valence-corrected chi connectivity index (χ2v) is 8.24. The second-order valence-electron chi connectivity index (χ2n) is 8.24. The number of nitrogens with one attached hydrogen (secondary N) is 2. The summed E-state index contributed by atoms with van der Waals surface area (Å²) in [5.41, 5.74) is 3.49. The monoisotopic (exact) mass is 443 g/mol. The molecule has 1 saturated heterocycles. The van der Waals surface area contributed by atoms with E-state index < -0.39 is 0 Å². The number of anilines is 1. The fraction of sp³-hybridized carbons (Fsp3) is 0.308. The number of piperidine rings is 1. The number of amides is 2. The first-order valence-electron chi connectivity index (χ1n) is 11.4. The molecular weight excluding hydrogens is 414 g/mol. The number of benzene rings is 2. The van der Waals surface area contributed by atoms with Crippen LogP contribution < -0.4 is 10.6 Å². The topological polar surface area (TPSA) is 87.2 Å². The summed E-state index contributed by atoms with van der Waals surface area (Å²) in [6, 6.07) is 16.5. The molecule has 3 aromatic rings. The highest BCUT2D eigenvalue weighted by atomic mass is 16.2. The van der Waals surface area contributed by atoms with Crippen LogP contribution in [0.25, 0.3) is 11.3 Å². The number of para-hydroxylation sites is 1. The number of likely N-dealkylation sites (tertiary alicyclic amines) is 1. The van der Waals surface area contributed by atoms with E-state index in [0.717, 1.165) is 25.2 Å². The van der Waals surface area contributed by atoms with Crippen LogP contribution in [0.1, 0.15) is 45.8 Å². The Balaban J connectivity index is 1.39. The summed E-state index contributed by atoms with van der Waals surface area (Å²) in [6.07, 6.45) is 5.43. The average Bonchev–Trinajstić information content (AvgIpc) is 2.85. The molecule has 0 atom stereocenters. The molecule has 170 valence electrons. The summed E-state index contributed by atoms with van der Waals surface area (Å²) < 4.78 is 0. The van der Waals surface area contributed by atoms with Crippen molar-refractivity contribution in [2.75, 3.05) is 31.5 Å². The van der Waals surface area contributed by atoms with Crippen molar-refractivity contribution in [2.24, 2.45) is 0 Å². The predicted octanol–water partition coefficient (Wildman–Crippen LogP) is 3.92. The van der Waals surface area contributed by atoms with Gasteiger partial charge >= 0.3 is 0 Å². The number of rotatable bonds is 7. The van der Waals surface area contributed by atoms with Gasteiger partial charge in [0.15, 0.2) is 0 Å². The maximum Gasteiger partial charge on any atom is 0.276 e. The van der Waals surface area contributed by atoms with Crippen LogP contribution in [0.5, 0.6) is 0 Å². The molecule has 7 heteroatoms. The van der Waals surface area contributed by atoms with E-state index in [1.54, 1.807) is 25.3 Å². The molecule has 7 nitrogen and oxygen atoms in total. The molecule has 1 aliphatic heterocycles. The molecule has 0 radical (unpaired) electrons. The summed E-state index contributed by atoms with van der Waals surface area (Å²) >= 11 is 0. The smallest absolute Gasteiger partial charge is 0.276 e. The van der Waals surface area contributed by atoms with Crippen LogP contribution in [0.3, 0.4) is 0 Å². The minimum Gasteiger partial charge on any atom is -0.351 e. The van der Waals surface area contributed by atoms with E-state index in [1.807, 2.05) is 42.5 Å². The molecule has 2 aromatic carbocycles. The molecule has 0 bridgehead atoms. The zero-order valence-corrected chi connectivity index (χ0v) is 18.9. The van der Waals surface area contributed by atoms with Crippen LogP contribution in [-0.2, 0) is 0 Å². The van der Waals surface area contributed by atoms with Crippen LogP contribution in [0.15, 0.2) is 60.8 Å². The molecule has 33 heavy (non-hydrogen) atoms. The zero-order chi connectivity index (χ0) is 23.0. The van der Waals surface area contributed by atoms with Gasteiger partial charge in [-0.05, 0) is 57.1 Å². The van der Waals surface area contributed by atoms with Gasteiger partial charge in [0.25, 0.3) is 11.8 Å². The number of hydrogen-bond acceptors (Lipinski definition) is 5. The lowest BCUT2D eigenvalue weighted by molar-refractivity contribution is 0.0945. The normalized spacial score (nSPS) is 14.0. The Morgan fingerprint density at radius 2 is 1.67 bits per heavy atom. The molecule has 0 saturated carbocycles. The zero-order valence-electron chi connectivity index (χ0n) is 18.9. The number of aryl methyl sites for hydroxylation is 1. The minimum atomic E-state index is -0.308. The number of carbonyl (C=O) groups is 2.